The lowest BCUT2D eigenvalue weighted by Gasteiger charge is -2.34. The Bertz CT molecular complexity index is 2010. The van der Waals surface area contributed by atoms with Gasteiger partial charge >= 0.3 is 5.97 Å². The standard InChI is InChI=1S/C35H38ClN5O4/c1-19-16-40(29-17-38(4)28-13-10-23(35(43)44)15-26(28)29)34(42)33-24(7-6-14-45-18-22-8-9-22)25-11-12-27(36)31(32(25)41(19)33)30-20(2)37-39(5)21(30)3/h10-13,15,17,19,22H,6-9,14,16,18H2,1-5H3,(H,43,44). The van der Waals surface area contributed by atoms with Crippen molar-refractivity contribution in [1.82, 2.24) is 18.9 Å². The zero-order valence-electron chi connectivity index (χ0n) is 26.4. The number of ether oxygens (including phenoxy) is 1. The lowest BCUT2D eigenvalue weighted by atomic mass is 9.98. The average molecular weight is 628 g/mol. The molecule has 1 saturated carbocycles. The fourth-order valence-corrected chi connectivity index (χ4v) is 7.36. The van der Waals surface area contributed by atoms with Crippen molar-refractivity contribution < 1.29 is 19.4 Å². The van der Waals surface area contributed by atoms with Crippen molar-refractivity contribution in [2.45, 2.75) is 52.5 Å². The van der Waals surface area contributed by atoms with Gasteiger partial charge in [-0.1, -0.05) is 17.7 Å². The number of carbonyl (C=O) groups is 2. The molecule has 0 saturated heterocycles. The molecule has 1 unspecified atom stereocenters. The van der Waals surface area contributed by atoms with Gasteiger partial charge < -0.3 is 23.9 Å². The maximum atomic E-state index is 14.8. The summed E-state index contributed by atoms with van der Waals surface area (Å²) in [5, 5.41) is 16.8. The molecular weight excluding hydrogens is 590 g/mol. The highest BCUT2D eigenvalue weighted by atomic mass is 35.5. The Morgan fingerprint density at radius 1 is 1.11 bits per heavy atom. The molecule has 0 spiro atoms. The molecule has 4 heterocycles. The number of carboxylic acids is 1. The van der Waals surface area contributed by atoms with E-state index in [4.69, 9.17) is 21.4 Å². The van der Waals surface area contributed by atoms with Crippen LogP contribution in [0.1, 0.15) is 70.0 Å². The van der Waals surface area contributed by atoms with Gasteiger partial charge in [0.2, 0.25) is 0 Å². The van der Waals surface area contributed by atoms with Crippen molar-refractivity contribution in [2.75, 3.05) is 24.7 Å². The lowest BCUT2D eigenvalue weighted by molar-refractivity contribution is 0.0696. The van der Waals surface area contributed by atoms with Crippen LogP contribution in [0.2, 0.25) is 5.02 Å². The third-order valence-corrected chi connectivity index (χ3v) is 9.90. The Morgan fingerprint density at radius 3 is 2.58 bits per heavy atom. The van der Waals surface area contributed by atoms with Gasteiger partial charge in [-0.15, -0.1) is 0 Å². The first-order valence-electron chi connectivity index (χ1n) is 15.6. The molecular formula is C35H38ClN5O4. The van der Waals surface area contributed by atoms with Crippen LogP contribution in [0.15, 0.2) is 36.5 Å². The first kappa shape index (κ1) is 29.6. The van der Waals surface area contributed by atoms with E-state index in [9.17, 15) is 14.7 Å². The van der Waals surface area contributed by atoms with Gasteiger partial charge in [0.1, 0.15) is 5.69 Å². The number of carboxylic acid groups (broad SMARTS) is 1. The minimum absolute atomic E-state index is 0.0903. The van der Waals surface area contributed by atoms with Crippen LogP contribution < -0.4 is 4.90 Å². The molecule has 1 aliphatic heterocycles. The Labute approximate surface area is 266 Å². The molecule has 10 heteroatoms. The first-order chi connectivity index (χ1) is 21.6. The maximum absolute atomic E-state index is 14.8. The van der Waals surface area contributed by atoms with Crippen LogP contribution in [0.5, 0.6) is 0 Å². The minimum atomic E-state index is -0.998. The molecule has 0 radical (unpaired) electrons. The number of aromatic nitrogens is 4. The molecule has 1 N–H and O–H groups in total. The minimum Gasteiger partial charge on any atom is -0.478 e. The smallest absolute Gasteiger partial charge is 0.335 e. The highest BCUT2D eigenvalue weighted by Crippen LogP contribution is 2.45. The van der Waals surface area contributed by atoms with Crippen molar-refractivity contribution >= 4 is 51.0 Å². The van der Waals surface area contributed by atoms with E-state index in [1.54, 1.807) is 18.2 Å². The summed E-state index contributed by atoms with van der Waals surface area (Å²) in [7, 11) is 3.85. The number of nitrogens with zero attached hydrogens (tertiary/aromatic N) is 5. The molecule has 1 amide bonds. The molecule has 5 aromatic rings. The van der Waals surface area contributed by atoms with Crippen molar-refractivity contribution in [1.29, 1.82) is 0 Å². The lowest BCUT2D eigenvalue weighted by Crippen LogP contribution is -2.42. The van der Waals surface area contributed by atoms with E-state index in [0.717, 1.165) is 62.9 Å². The first-order valence-corrected chi connectivity index (χ1v) is 16.0. The molecule has 1 atom stereocenters. The fraction of sp³-hybridized carbons (Fsp3) is 0.400. The van der Waals surface area contributed by atoms with Crippen molar-refractivity contribution in [3.8, 4) is 11.1 Å². The summed E-state index contributed by atoms with van der Waals surface area (Å²) in [5.74, 6) is -0.406. The normalized spacial score (nSPS) is 16.7. The third kappa shape index (κ3) is 4.84. The maximum Gasteiger partial charge on any atom is 0.335 e. The summed E-state index contributed by atoms with van der Waals surface area (Å²) in [5.41, 5.74) is 8.15. The highest BCUT2D eigenvalue weighted by molar-refractivity contribution is 6.35. The van der Waals surface area contributed by atoms with Gasteiger partial charge in [0.05, 0.1) is 27.5 Å². The predicted molar refractivity (Wildman–Crippen MR) is 177 cm³/mol. The Kier molecular flexibility index (Phi) is 7.28. The summed E-state index contributed by atoms with van der Waals surface area (Å²) >= 11 is 7.02. The number of rotatable bonds is 9. The van der Waals surface area contributed by atoms with Gasteiger partial charge in [-0.2, -0.15) is 5.10 Å². The third-order valence-electron chi connectivity index (χ3n) is 9.59. The molecule has 45 heavy (non-hydrogen) atoms. The van der Waals surface area contributed by atoms with Crippen LogP contribution in [0.3, 0.4) is 0 Å². The summed E-state index contributed by atoms with van der Waals surface area (Å²) < 4.78 is 12.0. The van der Waals surface area contributed by atoms with E-state index in [1.165, 1.54) is 12.8 Å². The molecule has 0 bridgehead atoms. The van der Waals surface area contributed by atoms with Crippen LogP contribution in [0.4, 0.5) is 5.69 Å². The van der Waals surface area contributed by atoms with Crippen LogP contribution in [-0.2, 0) is 25.3 Å². The quantitative estimate of drug-likeness (QED) is 0.176. The Morgan fingerprint density at radius 2 is 1.89 bits per heavy atom. The molecule has 2 aromatic carbocycles. The van der Waals surface area contributed by atoms with Crippen LogP contribution in [-0.4, -0.2) is 55.7 Å². The number of fused-ring (bicyclic) bond motifs is 4. The molecule has 9 nitrogen and oxygen atoms in total. The number of halogens is 1. The van der Waals surface area contributed by atoms with Crippen LogP contribution in [0, 0.1) is 19.8 Å². The number of carbonyl (C=O) groups excluding carboxylic acids is 1. The predicted octanol–water partition coefficient (Wildman–Crippen LogP) is 7.08. The van der Waals surface area contributed by atoms with Crippen LogP contribution in [0.25, 0.3) is 32.9 Å². The zero-order chi connectivity index (χ0) is 31.7. The van der Waals surface area contributed by atoms with E-state index in [0.29, 0.717) is 41.9 Å². The van der Waals surface area contributed by atoms with Gasteiger partial charge in [-0.25, -0.2) is 4.79 Å². The van der Waals surface area contributed by atoms with Gasteiger partial charge in [-0.05, 0) is 82.2 Å². The number of amides is 1. The molecule has 3 aromatic heterocycles. The molecule has 7 rings (SSSR count). The number of hydrogen-bond acceptors (Lipinski definition) is 4. The number of aromatic carboxylic acids is 1. The number of hydrogen-bond donors (Lipinski definition) is 1. The van der Waals surface area contributed by atoms with Crippen LogP contribution >= 0.6 is 11.6 Å². The molecule has 1 aliphatic carbocycles. The number of benzene rings is 2. The Hall–Kier alpha value is -4.08. The average Bonchev–Trinajstić information content (AvgIpc) is 3.62. The molecule has 2 aliphatic rings. The largest absolute Gasteiger partial charge is 0.478 e. The second-order valence-corrected chi connectivity index (χ2v) is 13.1. The highest BCUT2D eigenvalue weighted by Gasteiger charge is 2.37. The zero-order valence-corrected chi connectivity index (χ0v) is 27.1. The van der Waals surface area contributed by atoms with Crippen molar-refractivity contribution in [3.63, 3.8) is 0 Å². The number of aryl methyl sites for hydroxylation is 4. The number of anilines is 1. The van der Waals surface area contributed by atoms with E-state index in [1.807, 2.05) is 54.4 Å². The van der Waals surface area contributed by atoms with Gasteiger partial charge in [0, 0.05) is 79.2 Å². The summed E-state index contributed by atoms with van der Waals surface area (Å²) in [6, 6.07) is 8.97. The monoisotopic (exact) mass is 627 g/mol. The van der Waals surface area contributed by atoms with Crippen molar-refractivity contribution in [3.05, 3.63) is 69.8 Å². The van der Waals surface area contributed by atoms with E-state index >= 15 is 0 Å². The summed E-state index contributed by atoms with van der Waals surface area (Å²) in [6.07, 6.45) is 5.90. The second-order valence-electron chi connectivity index (χ2n) is 12.7. The topological polar surface area (TPSA) is 94.5 Å². The van der Waals surface area contributed by atoms with Crippen molar-refractivity contribution in [2.24, 2.45) is 20.0 Å². The van der Waals surface area contributed by atoms with Gasteiger partial charge in [0.15, 0.2) is 0 Å². The SMILES string of the molecule is Cc1nn(C)c(C)c1-c1c(Cl)ccc2c(CCCOCC3CC3)c3n(c12)C(C)CN(c1cn(C)c2ccc(C(=O)O)cc12)C3=O. The van der Waals surface area contributed by atoms with E-state index in [2.05, 4.69) is 17.6 Å². The van der Waals surface area contributed by atoms with Gasteiger partial charge in [0.25, 0.3) is 5.91 Å². The summed E-state index contributed by atoms with van der Waals surface area (Å²) in [6.45, 7) is 8.04. The second kappa shape index (κ2) is 11.1. The van der Waals surface area contributed by atoms with E-state index in [-0.39, 0.29) is 17.5 Å². The molecule has 234 valence electrons. The Balaban J connectivity index is 1.41. The van der Waals surface area contributed by atoms with E-state index < -0.39 is 5.97 Å². The van der Waals surface area contributed by atoms with Gasteiger partial charge in [-0.3, -0.25) is 9.48 Å². The summed E-state index contributed by atoms with van der Waals surface area (Å²) in [4.78, 5) is 28.5. The molecule has 1 fully saturated rings. The fourth-order valence-electron chi connectivity index (χ4n) is 7.11.